The highest BCUT2D eigenvalue weighted by Gasteiger charge is 2.25. The minimum absolute atomic E-state index is 0.0317. The van der Waals surface area contributed by atoms with Crippen LogP contribution in [0.4, 0.5) is 20.3 Å². The van der Waals surface area contributed by atoms with E-state index in [1.165, 1.54) is 6.07 Å². The Hall–Kier alpha value is -2.77. The first-order chi connectivity index (χ1) is 12.5. The predicted octanol–water partition coefficient (Wildman–Crippen LogP) is 2.42. The first-order valence-electron chi connectivity index (χ1n) is 8.52. The van der Waals surface area contributed by atoms with E-state index in [1.807, 2.05) is 4.90 Å². The average Bonchev–Trinajstić information content (AvgIpc) is 3.06. The normalized spacial score (nSPS) is 19.5. The molecule has 2 aliphatic rings. The van der Waals surface area contributed by atoms with Gasteiger partial charge in [-0.2, -0.15) is 4.39 Å². The first-order valence-corrected chi connectivity index (χ1v) is 8.52. The lowest BCUT2D eigenvalue weighted by Gasteiger charge is -2.31. The highest BCUT2D eigenvalue weighted by atomic mass is 19.1. The number of carboxylic acid groups (broad SMARTS) is 1. The number of alkyl halides is 1. The van der Waals surface area contributed by atoms with Crippen LogP contribution in [0.3, 0.4) is 0 Å². The molecule has 2 aromatic rings. The van der Waals surface area contributed by atoms with Gasteiger partial charge in [0.15, 0.2) is 0 Å². The van der Waals surface area contributed by atoms with Crippen LogP contribution in [0.25, 0.3) is 0 Å². The van der Waals surface area contributed by atoms with Crippen molar-refractivity contribution in [3.05, 3.63) is 47.2 Å². The van der Waals surface area contributed by atoms with Crippen LogP contribution in [0.2, 0.25) is 0 Å². The lowest BCUT2D eigenvalue weighted by atomic mass is 10.0. The molecular formula is C18H18F2N4O2. The molecule has 2 aliphatic heterocycles. The van der Waals surface area contributed by atoms with Gasteiger partial charge in [0, 0.05) is 43.7 Å². The van der Waals surface area contributed by atoms with E-state index >= 15 is 0 Å². The van der Waals surface area contributed by atoms with E-state index in [2.05, 4.69) is 9.97 Å². The summed E-state index contributed by atoms with van der Waals surface area (Å²) in [6.07, 6.45) is 1.74. The van der Waals surface area contributed by atoms with Crippen molar-refractivity contribution in [3.63, 3.8) is 0 Å². The van der Waals surface area contributed by atoms with Crippen molar-refractivity contribution in [1.29, 1.82) is 0 Å². The van der Waals surface area contributed by atoms with Crippen LogP contribution in [0, 0.1) is 5.95 Å². The molecule has 1 saturated heterocycles. The van der Waals surface area contributed by atoms with Crippen LogP contribution in [-0.4, -0.2) is 46.8 Å². The number of aromatic nitrogens is 2. The van der Waals surface area contributed by atoms with E-state index in [4.69, 9.17) is 5.11 Å². The van der Waals surface area contributed by atoms with Crippen molar-refractivity contribution in [2.45, 2.75) is 25.6 Å². The first kappa shape index (κ1) is 16.7. The third-order valence-corrected chi connectivity index (χ3v) is 4.90. The molecule has 1 atom stereocenters. The SMILES string of the molecule is O=C(O)c1cc2c(cn1)CN(c1cc(F)nc(N3CC[C@@H](F)C3)c1)CC2. The minimum Gasteiger partial charge on any atom is -0.477 e. The Labute approximate surface area is 149 Å². The highest BCUT2D eigenvalue weighted by Crippen LogP contribution is 2.29. The number of hydrogen-bond acceptors (Lipinski definition) is 5. The largest absolute Gasteiger partial charge is 0.477 e. The Morgan fingerprint density at radius 3 is 2.77 bits per heavy atom. The molecule has 4 rings (SSSR count). The average molecular weight is 360 g/mol. The highest BCUT2D eigenvalue weighted by molar-refractivity contribution is 5.85. The summed E-state index contributed by atoms with van der Waals surface area (Å²) in [6.45, 7) is 1.91. The maximum atomic E-state index is 14.0. The molecule has 4 heterocycles. The summed E-state index contributed by atoms with van der Waals surface area (Å²) in [4.78, 5) is 22.7. The maximum absolute atomic E-state index is 14.0. The second-order valence-corrected chi connectivity index (χ2v) is 6.65. The van der Waals surface area contributed by atoms with Gasteiger partial charge in [-0.25, -0.2) is 19.2 Å². The molecule has 0 unspecified atom stereocenters. The Morgan fingerprint density at radius 2 is 2.04 bits per heavy atom. The number of pyridine rings is 2. The van der Waals surface area contributed by atoms with E-state index in [0.717, 1.165) is 11.1 Å². The van der Waals surface area contributed by atoms with Gasteiger partial charge in [-0.15, -0.1) is 0 Å². The van der Waals surface area contributed by atoms with Crippen LogP contribution in [-0.2, 0) is 13.0 Å². The quantitative estimate of drug-likeness (QED) is 0.848. The summed E-state index contributed by atoms with van der Waals surface area (Å²) < 4.78 is 27.5. The zero-order chi connectivity index (χ0) is 18.3. The van der Waals surface area contributed by atoms with Gasteiger partial charge in [-0.05, 0) is 30.0 Å². The second kappa shape index (κ2) is 6.51. The number of nitrogens with zero attached hydrogens (tertiary/aromatic N) is 4. The molecule has 0 bridgehead atoms. The molecule has 0 aliphatic carbocycles. The smallest absolute Gasteiger partial charge is 0.354 e. The summed E-state index contributed by atoms with van der Waals surface area (Å²) in [7, 11) is 0. The molecule has 1 N–H and O–H groups in total. The fourth-order valence-electron chi connectivity index (χ4n) is 3.52. The maximum Gasteiger partial charge on any atom is 0.354 e. The molecular weight excluding hydrogens is 342 g/mol. The number of anilines is 2. The Morgan fingerprint density at radius 1 is 1.19 bits per heavy atom. The standard InChI is InChI=1S/C18H18F2N4O2/c19-13-2-4-24(10-13)17-7-14(6-16(20)22-17)23-3-1-11-5-15(18(25)26)21-8-12(11)9-23/h5-8,13H,1-4,9-10H2,(H,25,26)/t13-/m1/s1. The zero-order valence-corrected chi connectivity index (χ0v) is 14.0. The molecule has 0 aromatic carbocycles. The van der Waals surface area contributed by atoms with Crippen molar-refractivity contribution < 1.29 is 18.7 Å². The molecule has 0 radical (unpaired) electrons. The number of carbonyl (C=O) groups is 1. The topological polar surface area (TPSA) is 69.6 Å². The summed E-state index contributed by atoms with van der Waals surface area (Å²) in [6, 6.07) is 4.75. The van der Waals surface area contributed by atoms with Crippen LogP contribution >= 0.6 is 0 Å². The lowest BCUT2D eigenvalue weighted by molar-refractivity contribution is 0.0690. The molecule has 8 heteroatoms. The van der Waals surface area contributed by atoms with E-state index in [9.17, 15) is 13.6 Å². The molecule has 2 aromatic heterocycles. The monoisotopic (exact) mass is 360 g/mol. The number of aromatic carboxylic acids is 1. The van der Waals surface area contributed by atoms with E-state index < -0.39 is 18.1 Å². The van der Waals surface area contributed by atoms with Crippen molar-refractivity contribution in [2.24, 2.45) is 0 Å². The Balaban J connectivity index is 1.58. The number of halogens is 2. The van der Waals surface area contributed by atoms with Crippen LogP contribution < -0.4 is 9.80 Å². The summed E-state index contributed by atoms with van der Waals surface area (Å²) in [5, 5.41) is 9.05. The Kier molecular flexibility index (Phi) is 4.18. The lowest BCUT2D eigenvalue weighted by Crippen LogP contribution is -2.31. The third-order valence-electron chi connectivity index (χ3n) is 4.90. The molecule has 136 valence electrons. The van der Waals surface area contributed by atoms with Crippen molar-refractivity contribution in [2.75, 3.05) is 29.4 Å². The van der Waals surface area contributed by atoms with Crippen LogP contribution in [0.1, 0.15) is 28.0 Å². The Bertz CT molecular complexity index is 861. The number of hydrogen-bond donors (Lipinski definition) is 1. The molecule has 1 fully saturated rings. The van der Waals surface area contributed by atoms with Gasteiger partial charge in [-0.1, -0.05) is 0 Å². The molecule has 26 heavy (non-hydrogen) atoms. The molecule has 0 spiro atoms. The summed E-state index contributed by atoms with van der Waals surface area (Å²) in [5.74, 6) is -1.19. The molecule has 0 amide bonds. The molecule has 6 nitrogen and oxygen atoms in total. The number of rotatable bonds is 3. The predicted molar refractivity (Wildman–Crippen MR) is 91.9 cm³/mol. The van der Waals surface area contributed by atoms with Gasteiger partial charge in [0.05, 0.1) is 6.54 Å². The summed E-state index contributed by atoms with van der Waals surface area (Å²) >= 11 is 0. The van der Waals surface area contributed by atoms with E-state index in [-0.39, 0.29) is 12.2 Å². The van der Waals surface area contributed by atoms with Gasteiger partial charge >= 0.3 is 5.97 Å². The van der Waals surface area contributed by atoms with Gasteiger partial charge in [-0.3, -0.25) is 0 Å². The van der Waals surface area contributed by atoms with E-state index in [0.29, 0.717) is 44.0 Å². The fourth-order valence-corrected chi connectivity index (χ4v) is 3.52. The number of fused-ring (bicyclic) bond motifs is 1. The minimum atomic E-state index is -1.05. The van der Waals surface area contributed by atoms with Gasteiger partial charge in [0.1, 0.15) is 17.7 Å². The number of carboxylic acids is 1. The zero-order valence-electron chi connectivity index (χ0n) is 14.0. The van der Waals surface area contributed by atoms with Gasteiger partial charge < -0.3 is 14.9 Å². The fraction of sp³-hybridized carbons (Fsp3) is 0.389. The van der Waals surface area contributed by atoms with Crippen molar-refractivity contribution >= 4 is 17.5 Å². The molecule has 0 saturated carbocycles. The van der Waals surface area contributed by atoms with Gasteiger partial charge in [0.2, 0.25) is 5.95 Å². The summed E-state index contributed by atoms with van der Waals surface area (Å²) in [5.41, 5.74) is 2.58. The van der Waals surface area contributed by atoms with Crippen molar-refractivity contribution in [1.82, 2.24) is 9.97 Å². The third kappa shape index (κ3) is 3.18. The van der Waals surface area contributed by atoms with Gasteiger partial charge in [0.25, 0.3) is 0 Å². The van der Waals surface area contributed by atoms with Crippen LogP contribution in [0.5, 0.6) is 0 Å². The van der Waals surface area contributed by atoms with Crippen molar-refractivity contribution in [3.8, 4) is 0 Å². The second-order valence-electron chi connectivity index (χ2n) is 6.65. The van der Waals surface area contributed by atoms with E-state index in [1.54, 1.807) is 23.2 Å². The van der Waals surface area contributed by atoms with Crippen LogP contribution in [0.15, 0.2) is 24.4 Å².